The van der Waals surface area contributed by atoms with Crippen LogP contribution in [0.4, 0.5) is 0 Å². The first-order valence-electron chi connectivity index (χ1n) is 6.78. The largest absolute Gasteiger partial charge is 0.339 e. The summed E-state index contributed by atoms with van der Waals surface area (Å²) in [6.45, 7) is 8.23. The highest BCUT2D eigenvalue weighted by molar-refractivity contribution is 5.83. The van der Waals surface area contributed by atoms with E-state index in [0.29, 0.717) is 26.2 Å². The molecule has 0 aromatic heterocycles. The van der Waals surface area contributed by atoms with Gasteiger partial charge in [-0.25, -0.2) is 0 Å². The standard InChI is InChI=1S/C13H23N3O2/c1-11(17)15-7-9-16(10-8-15)12(18)13(2)3-5-14-6-4-13/h14H,3-10H2,1-2H3. The summed E-state index contributed by atoms with van der Waals surface area (Å²) in [4.78, 5) is 27.5. The normalized spacial score (nSPS) is 23.9. The molecule has 0 aromatic rings. The number of rotatable bonds is 1. The monoisotopic (exact) mass is 253 g/mol. The molecule has 0 atom stereocenters. The van der Waals surface area contributed by atoms with E-state index in [1.807, 2.05) is 9.80 Å². The number of amides is 2. The Morgan fingerprint density at radius 3 is 2.00 bits per heavy atom. The Kier molecular flexibility index (Phi) is 3.90. The van der Waals surface area contributed by atoms with Crippen molar-refractivity contribution in [2.75, 3.05) is 39.3 Å². The van der Waals surface area contributed by atoms with Crippen LogP contribution in [0.15, 0.2) is 0 Å². The van der Waals surface area contributed by atoms with E-state index >= 15 is 0 Å². The molecule has 0 radical (unpaired) electrons. The van der Waals surface area contributed by atoms with Crippen LogP contribution in [0, 0.1) is 5.41 Å². The van der Waals surface area contributed by atoms with Gasteiger partial charge in [-0.1, -0.05) is 6.92 Å². The molecule has 2 rings (SSSR count). The molecule has 2 heterocycles. The Morgan fingerprint density at radius 2 is 1.50 bits per heavy atom. The number of hydrogen-bond donors (Lipinski definition) is 1. The molecule has 2 aliphatic heterocycles. The third-order valence-corrected chi connectivity index (χ3v) is 4.24. The van der Waals surface area contributed by atoms with Gasteiger partial charge in [-0.15, -0.1) is 0 Å². The van der Waals surface area contributed by atoms with Crippen LogP contribution in [-0.2, 0) is 9.59 Å². The molecule has 0 unspecified atom stereocenters. The molecule has 2 aliphatic rings. The maximum atomic E-state index is 12.5. The van der Waals surface area contributed by atoms with E-state index in [0.717, 1.165) is 25.9 Å². The van der Waals surface area contributed by atoms with E-state index in [-0.39, 0.29) is 17.2 Å². The highest BCUT2D eigenvalue weighted by atomic mass is 16.2. The van der Waals surface area contributed by atoms with E-state index < -0.39 is 0 Å². The van der Waals surface area contributed by atoms with Crippen LogP contribution in [0.3, 0.4) is 0 Å². The minimum atomic E-state index is -0.205. The van der Waals surface area contributed by atoms with Gasteiger partial charge in [-0.2, -0.15) is 0 Å². The Balaban J connectivity index is 1.92. The topological polar surface area (TPSA) is 52.7 Å². The third kappa shape index (κ3) is 2.66. The second-order valence-corrected chi connectivity index (χ2v) is 5.61. The molecule has 2 saturated heterocycles. The number of nitrogens with zero attached hydrogens (tertiary/aromatic N) is 2. The average molecular weight is 253 g/mol. The van der Waals surface area contributed by atoms with Crippen LogP contribution in [0.25, 0.3) is 0 Å². The fourth-order valence-electron chi connectivity index (χ4n) is 2.80. The number of nitrogens with one attached hydrogen (secondary N) is 1. The fraction of sp³-hybridized carbons (Fsp3) is 0.846. The predicted molar refractivity (Wildman–Crippen MR) is 69.0 cm³/mol. The second kappa shape index (κ2) is 5.26. The van der Waals surface area contributed by atoms with Crippen molar-refractivity contribution < 1.29 is 9.59 Å². The van der Waals surface area contributed by atoms with E-state index in [1.54, 1.807) is 6.92 Å². The first-order chi connectivity index (χ1) is 8.53. The summed E-state index contributed by atoms with van der Waals surface area (Å²) in [5.41, 5.74) is -0.205. The summed E-state index contributed by atoms with van der Waals surface area (Å²) >= 11 is 0. The molecule has 0 saturated carbocycles. The minimum Gasteiger partial charge on any atom is -0.339 e. The van der Waals surface area contributed by atoms with Gasteiger partial charge in [0, 0.05) is 38.5 Å². The van der Waals surface area contributed by atoms with E-state index in [9.17, 15) is 9.59 Å². The summed E-state index contributed by atoms with van der Waals surface area (Å²) in [6, 6.07) is 0. The SMILES string of the molecule is CC(=O)N1CCN(C(=O)C2(C)CCNCC2)CC1. The molecule has 2 fully saturated rings. The molecule has 1 N–H and O–H groups in total. The predicted octanol–water partition coefficient (Wildman–Crippen LogP) is 0.0668. The molecule has 0 aromatic carbocycles. The van der Waals surface area contributed by atoms with Crippen molar-refractivity contribution in [1.29, 1.82) is 0 Å². The summed E-state index contributed by atoms with van der Waals surface area (Å²) in [5.74, 6) is 0.377. The van der Waals surface area contributed by atoms with Crippen molar-refractivity contribution >= 4 is 11.8 Å². The zero-order valence-corrected chi connectivity index (χ0v) is 11.4. The second-order valence-electron chi connectivity index (χ2n) is 5.61. The lowest BCUT2D eigenvalue weighted by atomic mass is 9.79. The Bertz CT molecular complexity index is 329. The summed E-state index contributed by atoms with van der Waals surface area (Å²) in [5, 5.41) is 3.30. The molecule has 18 heavy (non-hydrogen) atoms. The van der Waals surface area contributed by atoms with Crippen molar-refractivity contribution in [2.45, 2.75) is 26.7 Å². The molecule has 2 amide bonds. The van der Waals surface area contributed by atoms with Crippen molar-refractivity contribution in [2.24, 2.45) is 5.41 Å². The number of hydrogen-bond acceptors (Lipinski definition) is 3. The van der Waals surface area contributed by atoms with Gasteiger partial charge in [0.2, 0.25) is 11.8 Å². The zero-order valence-electron chi connectivity index (χ0n) is 11.4. The van der Waals surface area contributed by atoms with Crippen LogP contribution in [0.5, 0.6) is 0 Å². The van der Waals surface area contributed by atoms with Gasteiger partial charge >= 0.3 is 0 Å². The summed E-state index contributed by atoms with van der Waals surface area (Å²) in [7, 11) is 0. The van der Waals surface area contributed by atoms with Gasteiger partial charge in [0.25, 0.3) is 0 Å². The average Bonchev–Trinajstić information content (AvgIpc) is 2.39. The van der Waals surface area contributed by atoms with Crippen molar-refractivity contribution in [3.63, 3.8) is 0 Å². The van der Waals surface area contributed by atoms with Crippen molar-refractivity contribution in [3.8, 4) is 0 Å². The van der Waals surface area contributed by atoms with Gasteiger partial charge in [0.15, 0.2) is 0 Å². The van der Waals surface area contributed by atoms with E-state index in [4.69, 9.17) is 0 Å². The number of piperazine rings is 1. The molecular weight excluding hydrogens is 230 g/mol. The smallest absolute Gasteiger partial charge is 0.228 e. The maximum absolute atomic E-state index is 12.5. The quantitative estimate of drug-likeness (QED) is 0.719. The fourth-order valence-corrected chi connectivity index (χ4v) is 2.80. The lowest BCUT2D eigenvalue weighted by molar-refractivity contribution is -0.147. The van der Waals surface area contributed by atoms with Crippen LogP contribution >= 0.6 is 0 Å². The van der Waals surface area contributed by atoms with Gasteiger partial charge < -0.3 is 15.1 Å². The Hall–Kier alpha value is -1.10. The molecule has 5 heteroatoms. The molecule has 0 aliphatic carbocycles. The van der Waals surface area contributed by atoms with Gasteiger partial charge in [-0.05, 0) is 25.9 Å². The highest BCUT2D eigenvalue weighted by Gasteiger charge is 2.38. The van der Waals surface area contributed by atoms with Crippen LogP contribution in [0.2, 0.25) is 0 Å². The van der Waals surface area contributed by atoms with Crippen molar-refractivity contribution in [1.82, 2.24) is 15.1 Å². The first-order valence-corrected chi connectivity index (χ1v) is 6.78. The van der Waals surface area contributed by atoms with Crippen molar-refractivity contribution in [3.05, 3.63) is 0 Å². The highest BCUT2D eigenvalue weighted by Crippen LogP contribution is 2.30. The summed E-state index contributed by atoms with van der Waals surface area (Å²) in [6.07, 6.45) is 1.83. The minimum absolute atomic E-state index is 0.107. The van der Waals surface area contributed by atoms with Gasteiger partial charge in [0.05, 0.1) is 0 Å². The lowest BCUT2D eigenvalue weighted by Gasteiger charge is -2.41. The number of piperidine rings is 1. The van der Waals surface area contributed by atoms with Gasteiger partial charge in [-0.3, -0.25) is 9.59 Å². The lowest BCUT2D eigenvalue weighted by Crippen LogP contribution is -2.55. The number of carbonyl (C=O) groups excluding carboxylic acids is 2. The zero-order chi connectivity index (χ0) is 13.2. The molecule has 5 nitrogen and oxygen atoms in total. The first kappa shape index (κ1) is 13.3. The molecule has 0 bridgehead atoms. The molecular formula is C13H23N3O2. The third-order valence-electron chi connectivity index (χ3n) is 4.24. The van der Waals surface area contributed by atoms with Gasteiger partial charge in [0.1, 0.15) is 0 Å². The van der Waals surface area contributed by atoms with Crippen LogP contribution < -0.4 is 5.32 Å². The number of carbonyl (C=O) groups is 2. The Labute approximate surface area is 108 Å². The van der Waals surface area contributed by atoms with E-state index in [2.05, 4.69) is 12.2 Å². The summed E-state index contributed by atoms with van der Waals surface area (Å²) < 4.78 is 0. The molecule has 0 spiro atoms. The van der Waals surface area contributed by atoms with E-state index in [1.165, 1.54) is 0 Å². The maximum Gasteiger partial charge on any atom is 0.228 e. The van der Waals surface area contributed by atoms with Crippen LogP contribution in [0.1, 0.15) is 26.7 Å². The molecule has 102 valence electrons. The van der Waals surface area contributed by atoms with Crippen LogP contribution in [-0.4, -0.2) is 60.9 Å². The Morgan fingerprint density at radius 1 is 1.00 bits per heavy atom.